The topological polar surface area (TPSA) is 115 Å². The summed E-state index contributed by atoms with van der Waals surface area (Å²) < 4.78 is 43.8. The van der Waals surface area contributed by atoms with Gasteiger partial charge in [0.1, 0.15) is 5.75 Å². The molecule has 0 bridgehead atoms. The van der Waals surface area contributed by atoms with Crippen molar-refractivity contribution in [3.63, 3.8) is 0 Å². The zero-order chi connectivity index (χ0) is 22.6. The van der Waals surface area contributed by atoms with Crippen molar-refractivity contribution in [2.75, 3.05) is 18.6 Å². The third-order valence-corrected chi connectivity index (χ3v) is 5.90. The Kier molecular flexibility index (Phi) is 5.95. The molecular formula is C22H19N3O6S. The van der Waals surface area contributed by atoms with E-state index in [0.29, 0.717) is 22.8 Å². The summed E-state index contributed by atoms with van der Waals surface area (Å²) in [4.78, 5) is 12.4. The minimum Gasteiger partial charge on any atom is -0.495 e. The van der Waals surface area contributed by atoms with Crippen LogP contribution in [0.5, 0.6) is 17.2 Å². The molecule has 0 aliphatic carbocycles. The highest BCUT2D eigenvalue weighted by atomic mass is 32.2. The number of ether oxygens (including phenoxy) is 3. The van der Waals surface area contributed by atoms with E-state index in [-0.39, 0.29) is 22.9 Å². The molecule has 3 aromatic carbocycles. The number of carbonyl (C=O) groups excluding carboxylic acids is 1. The van der Waals surface area contributed by atoms with Crippen LogP contribution in [0.2, 0.25) is 0 Å². The van der Waals surface area contributed by atoms with Gasteiger partial charge >= 0.3 is 0 Å². The third-order valence-electron chi connectivity index (χ3n) is 4.53. The van der Waals surface area contributed by atoms with E-state index >= 15 is 0 Å². The van der Waals surface area contributed by atoms with Gasteiger partial charge in [0.2, 0.25) is 6.79 Å². The number of rotatable bonds is 7. The van der Waals surface area contributed by atoms with Gasteiger partial charge in [-0.25, -0.2) is 13.8 Å². The summed E-state index contributed by atoms with van der Waals surface area (Å²) in [5.41, 5.74) is 3.51. The molecule has 3 aromatic rings. The molecule has 4 rings (SSSR count). The number of methoxy groups -OCH3 is 1. The Labute approximate surface area is 184 Å². The van der Waals surface area contributed by atoms with Gasteiger partial charge in [0.25, 0.3) is 15.9 Å². The summed E-state index contributed by atoms with van der Waals surface area (Å²) in [7, 11) is -2.50. The summed E-state index contributed by atoms with van der Waals surface area (Å²) in [6.45, 7) is 0.165. The lowest BCUT2D eigenvalue weighted by atomic mass is 10.2. The van der Waals surface area contributed by atoms with Crippen molar-refractivity contribution in [1.82, 2.24) is 5.43 Å². The molecule has 9 nitrogen and oxygen atoms in total. The number of hydrogen-bond acceptors (Lipinski definition) is 7. The van der Waals surface area contributed by atoms with Crippen LogP contribution in [0.4, 0.5) is 5.69 Å². The lowest BCUT2D eigenvalue weighted by Crippen LogP contribution is -2.19. The molecule has 0 saturated heterocycles. The molecule has 164 valence electrons. The molecule has 1 heterocycles. The fourth-order valence-corrected chi connectivity index (χ4v) is 4.08. The lowest BCUT2D eigenvalue weighted by Gasteiger charge is -2.12. The maximum Gasteiger partial charge on any atom is 0.271 e. The minimum absolute atomic E-state index is 0.0733. The predicted molar refractivity (Wildman–Crippen MR) is 118 cm³/mol. The van der Waals surface area contributed by atoms with Crippen LogP contribution in [-0.2, 0) is 10.0 Å². The van der Waals surface area contributed by atoms with Crippen LogP contribution in [-0.4, -0.2) is 34.4 Å². The number of nitrogens with zero attached hydrogens (tertiary/aromatic N) is 1. The van der Waals surface area contributed by atoms with Gasteiger partial charge in [0.15, 0.2) is 11.5 Å². The van der Waals surface area contributed by atoms with Crippen LogP contribution in [0.25, 0.3) is 0 Å². The highest BCUT2D eigenvalue weighted by Crippen LogP contribution is 2.32. The minimum atomic E-state index is -3.95. The zero-order valence-electron chi connectivity index (χ0n) is 16.9. The molecule has 1 aliphatic rings. The molecule has 0 spiro atoms. The van der Waals surface area contributed by atoms with Gasteiger partial charge in [-0.05, 0) is 54.1 Å². The summed E-state index contributed by atoms with van der Waals surface area (Å²) in [6.07, 6.45) is 1.45. The second-order valence-corrected chi connectivity index (χ2v) is 8.33. The maximum atomic E-state index is 12.8. The van der Waals surface area contributed by atoms with Crippen molar-refractivity contribution in [3.05, 3.63) is 77.9 Å². The van der Waals surface area contributed by atoms with Gasteiger partial charge in [-0.3, -0.25) is 9.52 Å². The van der Waals surface area contributed by atoms with Crippen LogP contribution >= 0.6 is 0 Å². The number of para-hydroxylation sites is 2. The van der Waals surface area contributed by atoms with Crippen molar-refractivity contribution < 1.29 is 27.4 Å². The molecular weight excluding hydrogens is 434 g/mol. The average Bonchev–Trinajstić information content (AvgIpc) is 3.27. The smallest absolute Gasteiger partial charge is 0.271 e. The zero-order valence-corrected chi connectivity index (χ0v) is 17.8. The first-order valence-corrected chi connectivity index (χ1v) is 10.9. The molecule has 0 saturated carbocycles. The second kappa shape index (κ2) is 8.98. The molecule has 2 N–H and O–H groups in total. The summed E-state index contributed by atoms with van der Waals surface area (Å²) >= 11 is 0. The highest BCUT2D eigenvalue weighted by molar-refractivity contribution is 7.92. The summed E-state index contributed by atoms with van der Waals surface area (Å²) in [5.74, 6) is 1.06. The Bertz CT molecular complexity index is 1290. The molecule has 32 heavy (non-hydrogen) atoms. The lowest BCUT2D eigenvalue weighted by molar-refractivity contribution is 0.0955. The number of anilines is 1. The SMILES string of the molecule is COc1ccccc1NS(=O)(=O)c1cccc(C(=O)N/N=C\c2ccc3c(c2)OCO3)c1. The molecule has 0 unspecified atom stereocenters. The van der Waals surface area contributed by atoms with Crippen LogP contribution in [0.3, 0.4) is 0 Å². The van der Waals surface area contributed by atoms with Crippen molar-refractivity contribution in [3.8, 4) is 17.2 Å². The summed E-state index contributed by atoms with van der Waals surface area (Å²) in [6, 6.07) is 17.5. The van der Waals surface area contributed by atoms with Gasteiger partial charge < -0.3 is 14.2 Å². The van der Waals surface area contributed by atoms with Crippen molar-refractivity contribution in [1.29, 1.82) is 0 Å². The van der Waals surface area contributed by atoms with Gasteiger partial charge in [-0.2, -0.15) is 5.10 Å². The van der Waals surface area contributed by atoms with Gasteiger partial charge in [0.05, 0.1) is 23.9 Å². The fraction of sp³-hybridized carbons (Fsp3) is 0.0909. The number of sulfonamides is 1. The molecule has 0 aromatic heterocycles. The van der Waals surface area contributed by atoms with E-state index in [0.717, 1.165) is 0 Å². The average molecular weight is 453 g/mol. The van der Waals surface area contributed by atoms with E-state index in [2.05, 4.69) is 15.2 Å². The maximum absolute atomic E-state index is 12.8. The molecule has 1 amide bonds. The number of amides is 1. The number of hydrazone groups is 1. The van der Waals surface area contributed by atoms with E-state index < -0.39 is 15.9 Å². The number of benzene rings is 3. The number of nitrogens with one attached hydrogen (secondary N) is 2. The molecule has 1 aliphatic heterocycles. The molecule has 10 heteroatoms. The first-order valence-electron chi connectivity index (χ1n) is 9.45. The van der Waals surface area contributed by atoms with Crippen molar-refractivity contribution in [2.45, 2.75) is 4.90 Å². The third kappa shape index (κ3) is 4.65. The van der Waals surface area contributed by atoms with E-state index in [9.17, 15) is 13.2 Å². The van der Waals surface area contributed by atoms with Crippen molar-refractivity contribution >= 4 is 27.8 Å². The van der Waals surface area contributed by atoms with E-state index in [1.54, 1.807) is 42.5 Å². The molecule has 0 fully saturated rings. The van der Waals surface area contributed by atoms with Crippen LogP contribution in [0.1, 0.15) is 15.9 Å². The van der Waals surface area contributed by atoms with Crippen LogP contribution < -0.4 is 24.4 Å². The standard InChI is InChI=1S/C22H19N3O6S/c1-29-19-8-3-2-7-18(19)25-32(27,28)17-6-4-5-16(12-17)22(26)24-23-13-15-9-10-20-21(11-15)31-14-30-20/h2-13,25H,14H2,1H3,(H,24,26)/b23-13-. The first kappa shape index (κ1) is 21.2. The number of carbonyl (C=O) groups is 1. The quantitative estimate of drug-likeness (QED) is 0.420. The largest absolute Gasteiger partial charge is 0.495 e. The Morgan fingerprint density at radius 3 is 2.69 bits per heavy atom. The predicted octanol–water partition coefficient (Wildman–Crippen LogP) is 2.99. The molecule has 0 radical (unpaired) electrons. The van der Waals surface area contributed by atoms with Crippen LogP contribution in [0, 0.1) is 0 Å². The van der Waals surface area contributed by atoms with E-state index in [1.165, 1.54) is 37.6 Å². The molecule has 0 atom stereocenters. The van der Waals surface area contributed by atoms with Crippen molar-refractivity contribution in [2.24, 2.45) is 5.10 Å². The number of fused-ring (bicyclic) bond motifs is 1. The Morgan fingerprint density at radius 1 is 1.03 bits per heavy atom. The summed E-state index contributed by atoms with van der Waals surface area (Å²) in [5, 5.41) is 3.92. The normalized spacial score (nSPS) is 12.5. The monoisotopic (exact) mass is 453 g/mol. The second-order valence-electron chi connectivity index (χ2n) is 6.65. The Morgan fingerprint density at radius 2 is 1.84 bits per heavy atom. The Hall–Kier alpha value is -4.05. The van der Waals surface area contributed by atoms with E-state index in [4.69, 9.17) is 14.2 Å². The number of hydrogen-bond donors (Lipinski definition) is 2. The highest BCUT2D eigenvalue weighted by Gasteiger charge is 2.18. The van der Waals surface area contributed by atoms with Gasteiger partial charge in [-0.15, -0.1) is 0 Å². The van der Waals surface area contributed by atoms with Crippen LogP contribution in [0.15, 0.2) is 76.7 Å². The fourth-order valence-electron chi connectivity index (χ4n) is 2.96. The van der Waals surface area contributed by atoms with Gasteiger partial charge in [0, 0.05) is 5.56 Å². The van der Waals surface area contributed by atoms with E-state index in [1.807, 2.05) is 0 Å². The Balaban J connectivity index is 1.46. The van der Waals surface area contributed by atoms with Gasteiger partial charge in [-0.1, -0.05) is 18.2 Å². The first-order chi connectivity index (χ1) is 15.5.